The number of benzene rings is 1. The van der Waals surface area contributed by atoms with Gasteiger partial charge in [0, 0.05) is 24.0 Å². The maximum atomic E-state index is 12.5. The fraction of sp³-hybridized carbons (Fsp3) is 0.375. The highest BCUT2D eigenvalue weighted by Crippen LogP contribution is 2.26. The molecule has 2 heterocycles. The monoisotopic (exact) mass is 285 g/mol. The molecule has 2 amide bonds. The number of amides is 2. The molecule has 1 fully saturated rings. The van der Waals surface area contributed by atoms with Gasteiger partial charge >= 0.3 is 0 Å². The standard InChI is InChI=1S/C16H19N3O2/c1-9-6-10(2)12-7-13(18-15(12)11(9)3)16(21)19-5-4-17-14(20)8-19/h6-7,18H,4-5,8H2,1-3H3,(H,17,20). The summed E-state index contributed by atoms with van der Waals surface area (Å²) in [5.74, 6) is -0.216. The molecule has 0 bridgehead atoms. The summed E-state index contributed by atoms with van der Waals surface area (Å²) < 4.78 is 0. The van der Waals surface area contributed by atoms with E-state index in [1.165, 1.54) is 5.56 Å². The fourth-order valence-electron chi connectivity index (χ4n) is 2.87. The number of fused-ring (bicyclic) bond motifs is 1. The van der Waals surface area contributed by atoms with Gasteiger partial charge in [0.25, 0.3) is 5.91 Å². The fourth-order valence-corrected chi connectivity index (χ4v) is 2.87. The summed E-state index contributed by atoms with van der Waals surface area (Å²) >= 11 is 0. The van der Waals surface area contributed by atoms with E-state index >= 15 is 0 Å². The molecule has 2 N–H and O–H groups in total. The number of H-pyrrole nitrogens is 1. The number of aromatic nitrogens is 1. The van der Waals surface area contributed by atoms with Crippen LogP contribution >= 0.6 is 0 Å². The summed E-state index contributed by atoms with van der Waals surface area (Å²) in [4.78, 5) is 28.8. The van der Waals surface area contributed by atoms with Gasteiger partial charge in [-0.25, -0.2) is 0 Å². The van der Waals surface area contributed by atoms with Crippen LogP contribution in [0.25, 0.3) is 10.9 Å². The molecule has 1 aliphatic rings. The summed E-state index contributed by atoms with van der Waals surface area (Å²) in [7, 11) is 0. The summed E-state index contributed by atoms with van der Waals surface area (Å²) in [6.45, 7) is 7.37. The highest BCUT2D eigenvalue weighted by atomic mass is 16.2. The maximum absolute atomic E-state index is 12.5. The van der Waals surface area contributed by atoms with Crippen LogP contribution in [0.5, 0.6) is 0 Å². The molecule has 0 spiro atoms. The average Bonchev–Trinajstić information content (AvgIpc) is 2.90. The Morgan fingerprint density at radius 1 is 1.19 bits per heavy atom. The molecule has 5 nitrogen and oxygen atoms in total. The number of aryl methyl sites for hydroxylation is 3. The lowest BCUT2D eigenvalue weighted by molar-refractivity contribution is -0.123. The smallest absolute Gasteiger partial charge is 0.270 e. The van der Waals surface area contributed by atoms with Gasteiger partial charge in [0.15, 0.2) is 0 Å². The average molecular weight is 285 g/mol. The van der Waals surface area contributed by atoms with Crippen molar-refractivity contribution in [2.75, 3.05) is 19.6 Å². The number of aromatic amines is 1. The third-order valence-corrected chi connectivity index (χ3v) is 4.20. The van der Waals surface area contributed by atoms with E-state index in [0.717, 1.165) is 22.0 Å². The second-order valence-electron chi connectivity index (χ2n) is 5.68. The van der Waals surface area contributed by atoms with E-state index in [-0.39, 0.29) is 18.4 Å². The van der Waals surface area contributed by atoms with Crippen LogP contribution in [0.15, 0.2) is 12.1 Å². The van der Waals surface area contributed by atoms with Gasteiger partial charge in [0.05, 0.1) is 6.54 Å². The summed E-state index contributed by atoms with van der Waals surface area (Å²) in [5.41, 5.74) is 5.08. The van der Waals surface area contributed by atoms with Crippen LogP contribution in [-0.4, -0.2) is 41.3 Å². The molecule has 3 rings (SSSR count). The molecule has 1 aromatic heterocycles. The largest absolute Gasteiger partial charge is 0.353 e. The number of piperazine rings is 1. The van der Waals surface area contributed by atoms with E-state index in [1.54, 1.807) is 4.90 Å². The molecule has 1 aliphatic heterocycles. The predicted octanol–water partition coefficient (Wildman–Crippen LogP) is 1.67. The van der Waals surface area contributed by atoms with Crippen molar-refractivity contribution >= 4 is 22.7 Å². The van der Waals surface area contributed by atoms with Crippen LogP contribution in [0.4, 0.5) is 0 Å². The van der Waals surface area contributed by atoms with Crippen LogP contribution in [0, 0.1) is 20.8 Å². The Morgan fingerprint density at radius 2 is 1.95 bits per heavy atom. The molecule has 0 aliphatic carbocycles. The van der Waals surface area contributed by atoms with Crippen molar-refractivity contribution in [1.29, 1.82) is 0 Å². The zero-order valence-corrected chi connectivity index (χ0v) is 12.5. The number of rotatable bonds is 1. The minimum absolute atomic E-state index is 0.103. The van der Waals surface area contributed by atoms with E-state index in [9.17, 15) is 9.59 Å². The van der Waals surface area contributed by atoms with Gasteiger partial charge < -0.3 is 15.2 Å². The second kappa shape index (κ2) is 4.91. The molecule has 1 saturated heterocycles. The first-order chi connectivity index (χ1) is 9.97. The topological polar surface area (TPSA) is 65.2 Å². The molecular weight excluding hydrogens is 266 g/mol. The highest BCUT2D eigenvalue weighted by molar-refractivity contribution is 6.01. The van der Waals surface area contributed by atoms with Gasteiger partial charge in [-0.05, 0) is 43.5 Å². The van der Waals surface area contributed by atoms with Gasteiger partial charge in [-0.1, -0.05) is 6.07 Å². The first-order valence-corrected chi connectivity index (χ1v) is 7.13. The van der Waals surface area contributed by atoms with Gasteiger partial charge in [0.2, 0.25) is 5.91 Å². The van der Waals surface area contributed by atoms with Gasteiger partial charge in [-0.3, -0.25) is 9.59 Å². The normalized spacial score (nSPS) is 15.4. The Kier molecular flexibility index (Phi) is 3.20. The molecule has 0 unspecified atom stereocenters. The van der Waals surface area contributed by atoms with Crippen molar-refractivity contribution in [3.8, 4) is 0 Å². The summed E-state index contributed by atoms with van der Waals surface area (Å²) in [5, 5.41) is 3.80. The maximum Gasteiger partial charge on any atom is 0.270 e. The zero-order chi connectivity index (χ0) is 15.1. The Hall–Kier alpha value is -2.30. The van der Waals surface area contributed by atoms with Crippen molar-refractivity contribution < 1.29 is 9.59 Å². The van der Waals surface area contributed by atoms with Crippen molar-refractivity contribution in [2.45, 2.75) is 20.8 Å². The van der Waals surface area contributed by atoms with Gasteiger partial charge in [0.1, 0.15) is 5.69 Å². The number of carbonyl (C=O) groups is 2. The molecule has 21 heavy (non-hydrogen) atoms. The van der Waals surface area contributed by atoms with Crippen LogP contribution in [0.1, 0.15) is 27.2 Å². The molecule has 5 heteroatoms. The number of hydrogen-bond donors (Lipinski definition) is 2. The SMILES string of the molecule is Cc1cc(C)c2cc(C(=O)N3CCNC(=O)C3)[nH]c2c1C. The minimum atomic E-state index is -0.113. The summed E-state index contributed by atoms with van der Waals surface area (Å²) in [6.07, 6.45) is 0. The molecule has 0 saturated carbocycles. The lowest BCUT2D eigenvalue weighted by atomic mass is 10.0. The number of nitrogens with one attached hydrogen (secondary N) is 2. The lowest BCUT2D eigenvalue weighted by Crippen LogP contribution is -2.50. The summed E-state index contributed by atoms with van der Waals surface area (Å²) in [6, 6.07) is 4.03. The number of nitrogens with zero attached hydrogens (tertiary/aromatic N) is 1. The lowest BCUT2D eigenvalue weighted by Gasteiger charge is -2.26. The van der Waals surface area contributed by atoms with E-state index in [1.807, 2.05) is 13.0 Å². The van der Waals surface area contributed by atoms with Crippen molar-refractivity contribution in [1.82, 2.24) is 15.2 Å². The Balaban J connectivity index is 2.01. The van der Waals surface area contributed by atoms with E-state index in [0.29, 0.717) is 18.8 Å². The molecule has 110 valence electrons. The Morgan fingerprint density at radius 3 is 2.67 bits per heavy atom. The van der Waals surface area contributed by atoms with E-state index in [4.69, 9.17) is 0 Å². The van der Waals surface area contributed by atoms with E-state index in [2.05, 4.69) is 30.2 Å². The van der Waals surface area contributed by atoms with Crippen LogP contribution in [0.3, 0.4) is 0 Å². The van der Waals surface area contributed by atoms with Gasteiger partial charge in [-0.2, -0.15) is 0 Å². The molecular formula is C16H19N3O2. The molecule has 2 aromatic rings. The first-order valence-electron chi connectivity index (χ1n) is 7.13. The third-order valence-electron chi connectivity index (χ3n) is 4.20. The molecule has 0 atom stereocenters. The van der Waals surface area contributed by atoms with Crippen molar-refractivity contribution in [3.63, 3.8) is 0 Å². The van der Waals surface area contributed by atoms with Gasteiger partial charge in [-0.15, -0.1) is 0 Å². The number of hydrogen-bond acceptors (Lipinski definition) is 2. The van der Waals surface area contributed by atoms with Crippen molar-refractivity contribution in [2.24, 2.45) is 0 Å². The predicted molar refractivity (Wildman–Crippen MR) is 81.4 cm³/mol. The Labute approximate surface area is 123 Å². The van der Waals surface area contributed by atoms with Crippen LogP contribution < -0.4 is 5.32 Å². The third kappa shape index (κ3) is 2.28. The molecule has 1 aromatic carbocycles. The quantitative estimate of drug-likeness (QED) is 0.837. The van der Waals surface area contributed by atoms with E-state index < -0.39 is 0 Å². The minimum Gasteiger partial charge on any atom is -0.353 e. The van der Waals surface area contributed by atoms with Crippen molar-refractivity contribution in [3.05, 3.63) is 34.5 Å². The van der Waals surface area contributed by atoms with Crippen LogP contribution in [0.2, 0.25) is 0 Å². The van der Waals surface area contributed by atoms with Crippen LogP contribution in [-0.2, 0) is 4.79 Å². The highest BCUT2D eigenvalue weighted by Gasteiger charge is 2.24. The second-order valence-corrected chi connectivity index (χ2v) is 5.68. The number of carbonyl (C=O) groups excluding carboxylic acids is 2. The zero-order valence-electron chi connectivity index (χ0n) is 12.5. The first kappa shape index (κ1) is 13.7. The Bertz CT molecular complexity index is 746. The molecule has 0 radical (unpaired) electrons.